The molecule has 2 rings (SSSR count). The zero-order valence-corrected chi connectivity index (χ0v) is 12.4. The van der Waals surface area contributed by atoms with E-state index < -0.39 is 0 Å². The molecule has 1 aliphatic heterocycles. The monoisotopic (exact) mass is 263 g/mol. The van der Waals surface area contributed by atoms with E-state index in [9.17, 15) is 5.11 Å². The van der Waals surface area contributed by atoms with Gasteiger partial charge in [0.1, 0.15) is 0 Å². The number of benzene rings is 1. The van der Waals surface area contributed by atoms with E-state index in [4.69, 9.17) is 4.74 Å². The lowest BCUT2D eigenvalue weighted by Gasteiger charge is -2.40. The van der Waals surface area contributed by atoms with Crippen LogP contribution < -0.4 is 5.32 Å². The Morgan fingerprint density at radius 2 is 2.00 bits per heavy atom. The summed E-state index contributed by atoms with van der Waals surface area (Å²) in [5, 5.41) is 12.9. The molecule has 1 aromatic rings. The fourth-order valence-electron chi connectivity index (χ4n) is 2.20. The van der Waals surface area contributed by atoms with E-state index in [-0.39, 0.29) is 17.4 Å². The van der Waals surface area contributed by atoms with Crippen LogP contribution in [0.2, 0.25) is 0 Å². The maximum absolute atomic E-state index is 9.45. The molecule has 0 radical (unpaired) electrons. The molecule has 3 nitrogen and oxygen atoms in total. The van der Waals surface area contributed by atoms with E-state index in [0.29, 0.717) is 13.2 Å². The number of nitrogens with one attached hydrogen (secondary N) is 1. The summed E-state index contributed by atoms with van der Waals surface area (Å²) in [6, 6.07) is 6.57. The van der Waals surface area contributed by atoms with E-state index in [1.807, 2.05) is 0 Å². The third kappa shape index (κ3) is 3.10. The van der Waals surface area contributed by atoms with E-state index in [1.54, 1.807) is 0 Å². The molecular formula is C16H25NO2. The first-order valence-electron chi connectivity index (χ1n) is 6.90. The van der Waals surface area contributed by atoms with Gasteiger partial charge in [0.2, 0.25) is 0 Å². The van der Waals surface area contributed by atoms with Crippen LogP contribution in [0, 0.1) is 12.3 Å². The molecule has 0 amide bonds. The van der Waals surface area contributed by atoms with Crippen molar-refractivity contribution in [1.82, 2.24) is 0 Å². The van der Waals surface area contributed by atoms with E-state index in [1.165, 1.54) is 11.1 Å². The second-order valence-electron chi connectivity index (χ2n) is 6.78. The number of aryl methyl sites for hydroxylation is 1. The number of aliphatic hydroxyl groups excluding tert-OH is 1. The predicted molar refractivity (Wildman–Crippen MR) is 78.7 cm³/mol. The van der Waals surface area contributed by atoms with Crippen molar-refractivity contribution in [2.75, 3.05) is 31.7 Å². The lowest BCUT2D eigenvalue weighted by molar-refractivity contribution is -0.128. The number of anilines is 1. The van der Waals surface area contributed by atoms with Gasteiger partial charge >= 0.3 is 0 Å². The average Bonchev–Trinajstić information content (AvgIpc) is 2.29. The molecule has 0 unspecified atom stereocenters. The van der Waals surface area contributed by atoms with Gasteiger partial charge in [0, 0.05) is 12.2 Å². The molecule has 106 valence electrons. The first-order valence-corrected chi connectivity index (χ1v) is 6.90. The Kier molecular flexibility index (Phi) is 3.88. The van der Waals surface area contributed by atoms with Gasteiger partial charge in [0.15, 0.2) is 0 Å². The number of hydrogen-bond donors (Lipinski definition) is 2. The summed E-state index contributed by atoms with van der Waals surface area (Å²) in [4.78, 5) is 0. The second-order valence-corrected chi connectivity index (χ2v) is 6.78. The van der Waals surface area contributed by atoms with Crippen molar-refractivity contribution < 1.29 is 9.84 Å². The van der Waals surface area contributed by atoms with Crippen molar-refractivity contribution in [3.05, 3.63) is 29.3 Å². The Labute approximate surface area is 116 Å². The Bertz CT molecular complexity index is 439. The van der Waals surface area contributed by atoms with Crippen LogP contribution in [-0.2, 0) is 10.2 Å². The van der Waals surface area contributed by atoms with Crippen molar-refractivity contribution >= 4 is 5.69 Å². The number of ether oxygens (including phenoxy) is 1. The van der Waals surface area contributed by atoms with Gasteiger partial charge in [-0.3, -0.25) is 0 Å². The number of rotatable bonds is 4. The van der Waals surface area contributed by atoms with Crippen LogP contribution in [0.4, 0.5) is 5.69 Å². The van der Waals surface area contributed by atoms with Crippen molar-refractivity contribution in [3.8, 4) is 0 Å². The molecule has 0 aromatic heterocycles. The summed E-state index contributed by atoms with van der Waals surface area (Å²) >= 11 is 0. The topological polar surface area (TPSA) is 41.5 Å². The molecule has 0 saturated carbocycles. The highest BCUT2D eigenvalue weighted by Gasteiger charge is 2.37. The molecule has 1 aromatic carbocycles. The molecule has 0 bridgehead atoms. The minimum absolute atomic E-state index is 0.0931. The summed E-state index contributed by atoms with van der Waals surface area (Å²) < 4.78 is 5.23. The Hall–Kier alpha value is -1.06. The molecular weight excluding hydrogens is 238 g/mol. The highest BCUT2D eigenvalue weighted by molar-refractivity contribution is 5.54. The third-order valence-electron chi connectivity index (χ3n) is 3.91. The van der Waals surface area contributed by atoms with Crippen molar-refractivity contribution in [2.45, 2.75) is 33.1 Å². The Morgan fingerprint density at radius 3 is 2.47 bits per heavy atom. The fourth-order valence-corrected chi connectivity index (χ4v) is 2.20. The minimum atomic E-state index is -0.0931. The van der Waals surface area contributed by atoms with Gasteiger partial charge in [-0.15, -0.1) is 0 Å². The van der Waals surface area contributed by atoms with Crippen molar-refractivity contribution in [2.24, 2.45) is 5.41 Å². The van der Waals surface area contributed by atoms with Crippen LogP contribution in [0.5, 0.6) is 0 Å². The first kappa shape index (κ1) is 14.4. The van der Waals surface area contributed by atoms with Crippen molar-refractivity contribution in [3.63, 3.8) is 0 Å². The fraction of sp³-hybridized carbons (Fsp3) is 0.625. The summed E-state index contributed by atoms with van der Waals surface area (Å²) in [6.45, 7) is 11.0. The molecule has 3 heteroatoms. The SMILES string of the molecule is Cc1ccc(C(C)(C)C)cc1NCC1(CO)COC1. The third-order valence-corrected chi connectivity index (χ3v) is 3.91. The quantitative estimate of drug-likeness (QED) is 0.877. The molecule has 1 fully saturated rings. The molecule has 2 N–H and O–H groups in total. The zero-order valence-electron chi connectivity index (χ0n) is 12.4. The summed E-state index contributed by atoms with van der Waals surface area (Å²) in [6.07, 6.45) is 0. The largest absolute Gasteiger partial charge is 0.396 e. The molecule has 19 heavy (non-hydrogen) atoms. The highest BCUT2D eigenvalue weighted by Crippen LogP contribution is 2.30. The maximum atomic E-state index is 9.45. The van der Waals surface area contributed by atoms with Crippen LogP contribution in [0.15, 0.2) is 18.2 Å². The second kappa shape index (κ2) is 5.14. The predicted octanol–water partition coefficient (Wildman–Crippen LogP) is 2.71. The maximum Gasteiger partial charge on any atom is 0.0584 e. The standard InChI is InChI=1S/C16H25NO2/c1-12-5-6-13(15(2,3)4)7-14(12)17-8-16(9-18)10-19-11-16/h5-7,17-18H,8-11H2,1-4H3. The molecule has 0 aliphatic carbocycles. The van der Waals surface area contributed by atoms with Crippen molar-refractivity contribution in [1.29, 1.82) is 0 Å². The summed E-state index contributed by atoms with van der Waals surface area (Å²) in [5.74, 6) is 0. The smallest absolute Gasteiger partial charge is 0.0584 e. The average molecular weight is 263 g/mol. The number of aliphatic hydroxyl groups is 1. The van der Waals surface area contributed by atoms with E-state index in [0.717, 1.165) is 12.2 Å². The van der Waals surface area contributed by atoms with Crippen LogP contribution in [0.3, 0.4) is 0 Å². The normalized spacial score (nSPS) is 17.9. The highest BCUT2D eigenvalue weighted by atomic mass is 16.5. The van der Waals surface area contributed by atoms with Crippen LogP contribution in [0.1, 0.15) is 31.9 Å². The van der Waals surface area contributed by atoms with Crippen LogP contribution in [-0.4, -0.2) is 31.5 Å². The molecule has 1 heterocycles. The first-order chi connectivity index (χ1) is 8.86. The lowest BCUT2D eigenvalue weighted by atomic mass is 9.85. The lowest BCUT2D eigenvalue weighted by Crippen LogP contribution is -2.50. The van der Waals surface area contributed by atoms with Gasteiger partial charge < -0.3 is 15.2 Å². The van der Waals surface area contributed by atoms with Gasteiger partial charge in [-0.1, -0.05) is 32.9 Å². The summed E-state index contributed by atoms with van der Waals surface area (Å²) in [5.41, 5.74) is 3.78. The van der Waals surface area contributed by atoms with Gasteiger partial charge in [0.25, 0.3) is 0 Å². The van der Waals surface area contributed by atoms with E-state index in [2.05, 4.69) is 51.2 Å². The van der Waals surface area contributed by atoms with Crippen LogP contribution in [0.25, 0.3) is 0 Å². The summed E-state index contributed by atoms with van der Waals surface area (Å²) in [7, 11) is 0. The van der Waals surface area contributed by atoms with Gasteiger partial charge in [-0.05, 0) is 29.5 Å². The Morgan fingerprint density at radius 1 is 1.32 bits per heavy atom. The van der Waals surface area contributed by atoms with E-state index >= 15 is 0 Å². The van der Waals surface area contributed by atoms with Gasteiger partial charge in [0.05, 0.1) is 25.2 Å². The molecule has 0 atom stereocenters. The minimum Gasteiger partial charge on any atom is -0.396 e. The Balaban J connectivity index is 2.11. The zero-order chi connectivity index (χ0) is 14.1. The molecule has 1 aliphatic rings. The van der Waals surface area contributed by atoms with Gasteiger partial charge in [-0.25, -0.2) is 0 Å². The van der Waals surface area contributed by atoms with Gasteiger partial charge in [-0.2, -0.15) is 0 Å². The number of hydrogen-bond acceptors (Lipinski definition) is 3. The molecule has 1 saturated heterocycles. The van der Waals surface area contributed by atoms with Crippen LogP contribution >= 0.6 is 0 Å². The molecule has 0 spiro atoms.